The van der Waals surface area contributed by atoms with Crippen molar-refractivity contribution < 1.29 is 22.5 Å². The number of hydrogen-bond donors (Lipinski definition) is 1. The van der Waals surface area contributed by atoms with E-state index in [2.05, 4.69) is 6.92 Å². The monoisotopic (exact) mass is 314 g/mol. The highest BCUT2D eigenvalue weighted by molar-refractivity contribution is 7.86. The first-order valence-corrected chi connectivity index (χ1v) is 8.57. The van der Waals surface area contributed by atoms with Crippen LogP contribution in [0.4, 0.5) is 0 Å². The van der Waals surface area contributed by atoms with E-state index in [4.69, 9.17) is 9.29 Å². The van der Waals surface area contributed by atoms with Crippen molar-refractivity contribution in [2.75, 3.05) is 6.61 Å². The Morgan fingerprint density at radius 2 is 1.95 bits per heavy atom. The molecule has 1 aromatic rings. The summed E-state index contributed by atoms with van der Waals surface area (Å²) >= 11 is 0. The molecule has 5 nitrogen and oxygen atoms in total. The quantitative estimate of drug-likeness (QED) is 0.588. The van der Waals surface area contributed by atoms with Gasteiger partial charge >= 0.3 is 5.97 Å². The van der Waals surface area contributed by atoms with E-state index in [0.717, 1.165) is 25.7 Å². The Labute approximate surface area is 126 Å². The topological polar surface area (TPSA) is 80.7 Å². The molecule has 0 aliphatic heterocycles. The molecule has 0 radical (unpaired) electrons. The number of benzene rings is 1. The molecule has 21 heavy (non-hydrogen) atoms. The minimum Gasteiger partial charge on any atom is -0.462 e. The maximum atomic E-state index is 12.0. The fraction of sp³-hybridized carbons (Fsp3) is 0.533. The lowest BCUT2D eigenvalue weighted by atomic mass is 10.0. The van der Waals surface area contributed by atoms with Gasteiger partial charge in [-0.3, -0.25) is 4.55 Å². The van der Waals surface area contributed by atoms with Crippen LogP contribution in [0.3, 0.4) is 0 Å². The smallest absolute Gasteiger partial charge is 0.339 e. The number of ether oxygens (including phenoxy) is 1. The number of carbonyl (C=O) groups excluding carboxylic acids is 1. The molecule has 1 unspecified atom stereocenters. The molecule has 0 fully saturated rings. The van der Waals surface area contributed by atoms with Gasteiger partial charge in [-0.1, -0.05) is 45.2 Å². The first-order valence-electron chi connectivity index (χ1n) is 7.13. The van der Waals surface area contributed by atoms with Crippen molar-refractivity contribution >= 4 is 16.1 Å². The van der Waals surface area contributed by atoms with Crippen LogP contribution in [-0.4, -0.2) is 25.5 Å². The Morgan fingerprint density at radius 3 is 2.52 bits per heavy atom. The van der Waals surface area contributed by atoms with E-state index in [1.54, 1.807) is 0 Å². The summed E-state index contributed by atoms with van der Waals surface area (Å²) in [5.74, 6) is -0.454. The first kappa shape index (κ1) is 17.7. The summed E-state index contributed by atoms with van der Waals surface area (Å²) in [6.45, 7) is 4.39. The summed E-state index contributed by atoms with van der Waals surface area (Å²) in [6.07, 6.45) is 4.02. The molecule has 118 valence electrons. The standard InChI is InChI=1S/C15H22O5S/c1-3-5-8-12(4-2)11-20-15(16)13-9-6-7-10-14(13)21(17,18)19/h6-7,9-10,12H,3-5,8,11H2,1-2H3,(H,17,18,19). The van der Waals surface area contributed by atoms with Gasteiger partial charge in [0, 0.05) is 0 Å². The molecule has 0 aliphatic rings. The van der Waals surface area contributed by atoms with E-state index in [9.17, 15) is 13.2 Å². The highest BCUT2D eigenvalue weighted by Crippen LogP contribution is 2.18. The lowest BCUT2D eigenvalue weighted by molar-refractivity contribution is 0.0423. The zero-order valence-corrected chi connectivity index (χ0v) is 13.2. The molecule has 0 spiro atoms. The second-order valence-corrected chi connectivity index (χ2v) is 6.38. The van der Waals surface area contributed by atoms with Gasteiger partial charge in [0.25, 0.3) is 10.1 Å². The molecule has 0 aliphatic carbocycles. The first-order chi connectivity index (χ1) is 9.90. The largest absolute Gasteiger partial charge is 0.462 e. The number of hydrogen-bond acceptors (Lipinski definition) is 4. The van der Waals surface area contributed by atoms with Crippen LogP contribution in [0.2, 0.25) is 0 Å². The molecule has 6 heteroatoms. The van der Waals surface area contributed by atoms with Crippen molar-refractivity contribution in [1.29, 1.82) is 0 Å². The molecular formula is C15H22O5S. The zero-order chi connectivity index (χ0) is 15.9. The minimum atomic E-state index is -4.44. The van der Waals surface area contributed by atoms with Crippen LogP contribution < -0.4 is 0 Å². The van der Waals surface area contributed by atoms with Gasteiger partial charge in [-0.2, -0.15) is 8.42 Å². The second kappa shape index (κ2) is 8.14. The normalized spacial score (nSPS) is 12.9. The van der Waals surface area contributed by atoms with Crippen molar-refractivity contribution in [1.82, 2.24) is 0 Å². The van der Waals surface area contributed by atoms with Crippen LogP contribution in [0.25, 0.3) is 0 Å². The van der Waals surface area contributed by atoms with Gasteiger partial charge in [-0.05, 0) is 24.5 Å². The lowest BCUT2D eigenvalue weighted by Crippen LogP contribution is -2.16. The average Bonchev–Trinajstić information content (AvgIpc) is 2.46. The summed E-state index contributed by atoms with van der Waals surface area (Å²) < 4.78 is 36.8. The summed E-state index contributed by atoms with van der Waals surface area (Å²) in [4.78, 5) is 11.6. The average molecular weight is 314 g/mol. The van der Waals surface area contributed by atoms with Gasteiger partial charge in [0.05, 0.1) is 12.2 Å². The van der Waals surface area contributed by atoms with Crippen molar-refractivity contribution in [3.05, 3.63) is 29.8 Å². The third kappa shape index (κ3) is 5.47. The molecule has 1 atom stereocenters. The van der Waals surface area contributed by atoms with Crippen LogP contribution in [0.1, 0.15) is 49.9 Å². The van der Waals surface area contributed by atoms with E-state index in [-0.39, 0.29) is 18.1 Å². The van der Waals surface area contributed by atoms with Crippen molar-refractivity contribution in [3.8, 4) is 0 Å². The predicted molar refractivity (Wildman–Crippen MR) is 79.8 cm³/mol. The third-order valence-corrected chi connectivity index (χ3v) is 4.29. The summed E-state index contributed by atoms with van der Waals surface area (Å²) in [6, 6.07) is 5.48. The van der Waals surface area contributed by atoms with Crippen molar-refractivity contribution in [3.63, 3.8) is 0 Å². The molecule has 0 aromatic heterocycles. The van der Waals surface area contributed by atoms with Gasteiger partial charge in [0.2, 0.25) is 0 Å². The van der Waals surface area contributed by atoms with E-state index >= 15 is 0 Å². The maximum absolute atomic E-state index is 12.0. The van der Waals surface area contributed by atoms with E-state index in [1.807, 2.05) is 6.92 Å². The zero-order valence-electron chi connectivity index (χ0n) is 12.4. The van der Waals surface area contributed by atoms with Crippen molar-refractivity contribution in [2.24, 2.45) is 5.92 Å². The van der Waals surface area contributed by atoms with E-state index in [0.29, 0.717) is 0 Å². The number of carbonyl (C=O) groups is 1. The SMILES string of the molecule is CCCCC(CC)COC(=O)c1ccccc1S(=O)(=O)O. The molecule has 1 N–H and O–H groups in total. The fourth-order valence-corrected chi connectivity index (χ4v) is 2.71. The molecular weight excluding hydrogens is 292 g/mol. The van der Waals surface area contributed by atoms with E-state index < -0.39 is 21.0 Å². The van der Waals surface area contributed by atoms with Gasteiger partial charge in [-0.15, -0.1) is 0 Å². The van der Waals surface area contributed by atoms with Crippen LogP contribution in [0.5, 0.6) is 0 Å². The summed E-state index contributed by atoms with van der Waals surface area (Å²) in [5, 5.41) is 0. The highest BCUT2D eigenvalue weighted by Gasteiger charge is 2.21. The molecule has 1 rings (SSSR count). The predicted octanol–water partition coefficient (Wildman–Crippen LogP) is 3.31. The third-order valence-electron chi connectivity index (χ3n) is 3.38. The molecule has 0 bridgehead atoms. The van der Waals surface area contributed by atoms with Crippen LogP contribution in [0.15, 0.2) is 29.2 Å². The highest BCUT2D eigenvalue weighted by atomic mass is 32.2. The summed E-state index contributed by atoms with van der Waals surface area (Å²) in [5.41, 5.74) is -0.134. The maximum Gasteiger partial charge on any atom is 0.339 e. The number of rotatable bonds is 8. The summed E-state index contributed by atoms with van der Waals surface area (Å²) in [7, 11) is -4.44. The van der Waals surface area contributed by atoms with E-state index in [1.165, 1.54) is 24.3 Å². The van der Waals surface area contributed by atoms with Gasteiger partial charge in [0.1, 0.15) is 4.90 Å². The molecule has 0 amide bonds. The van der Waals surface area contributed by atoms with Crippen LogP contribution in [-0.2, 0) is 14.9 Å². The van der Waals surface area contributed by atoms with Crippen molar-refractivity contribution in [2.45, 2.75) is 44.4 Å². The Hall–Kier alpha value is -1.40. The molecule has 0 saturated carbocycles. The molecule has 0 saturated heterocycles. The van der Waals surface area contributed by atoms with Gasteiger partial charge < -0.3 is 4.74 Å². The molecule has 1 aromatic carbocycles. The minimum absolute atomic E-state index is 0.134. The second-order valence-electron chi connectivity index (χ2n) is 4.99. The van der Waals surface area contributed by atoms with Crippen LogP contribution in [0, 0.1) is 5.92 Å². The number of unbranched alkanes of at least 4 members (excludes halogenated alkanes) is 1. The Balaban J connectivity index is 2.77. The van der Waals surface area contributed by atoms with Gasteiger partial charge in [-0.25, -0.2) is 4.79 Å². The van der Waals surface area contributed by atoms with Gasteiger partial charge in [0.15, 0.2) is 0 Å². The van der Waals surface area contributed by atoms with Crippen LogP contribution >= 0.6 is 0 Å². The Bertz CT molecular complexity index is 565. The number of esters is 1. The molecule has 0 heterocycles. The lowest BCUT2D eigenvalue weighted by Gasteiger charge is -2.15. The Morgan fingerprint density at radius 1 is 1.29 bits per heavy atom. The fourth-order valence-electron chi connectivity index (χ4n) is 2.03. The Kier molecular flexibility index (Phi) is 6.84.